The van der Waals surface area contributed by atoms with Crippen molar-refractivity contribution >= 4 is 36.5 Å². The number of nitrogens with one attached hydrogen (secondary N) is 2. The van der Waals surface area contributed by atoms with E-state index in [2.05, 4.69) is 23.3 Å². The summed E-state index contributed by atoms with van der Waals surface area (Å²) in [5, 5.41) is 25.3. The predicted molar refractivity (Wildman–Crippen MR) is 165 cm³/mol. The molecule has 236 valence electrons. The number of nitrogens with zero attached hydrogens (tertiary/aromatic N) is 1. The van der Waals surface area contributed by atoms with E-state index in [1.807, 2.05) is 6.07 Å². The molecule has 0 heterocycles. The second-order valence-electron chi connectivity index (χ2n) is 11.9. The van der Waals surface area contributed by atoms with Gasteiger partial charge in [-0.2, -0.15) is 12.6 Å². The molecule has 3 atom stereocenters. The lowest BCUT2D eigenvalue weighted by atomic mass is 10.0. The van der Waals surface area contributed by atoms with E-state index in [0.29, 0.717) is 0 Å². The second-order valence-corrected chi connectivity index (χ2v) is 12.3. The largest absolute Gasteiger partial charge is 0.508 e. The molecule has 0 radical (unpaired) electrons. The summed E-state index contributed by atoms with van der Waals surface area (Å²) < 4.78 is 10.9. The molecule has 2 aromatic rings. The molecule has 0 aromatic heterocycles. The second kappa shape index (κ2) is 15.6. The molecule has 0 aliphatic rings. The molecule has 0 fully saturated rings. The Labute approximate surface area is 258 Å². The van der Waals surface area contributed by atoms with Gasteiger partial charge >= 0.3 is 12.1 Å². The number of aromatic hydroxyl groups is 1. The van der Waals surface area contributed by atoms with Gasteiger partial charge in [-0.05, 0) is 64.8 Å². The Morgan fingerprint density at radius 1 is 0.884 bits per heavy atom. The number of phenolic OH excluding ortho intramolecular Hbond substituents is 1. The number of thiol groups is 1. The summed E-state index contributed by atoms with van der Waals surface area (Å²) in [6.07, 6.45) is -0.767. The standard InChI is InChI=1S/C31H43N3O8S/c1-30(2,3)41-28(39)23(17-20-11-8-7-9-12-20)32-26(37)25(21-13-10-14-22(36)18-21)34(15-16-35)27(38)24(19-43)33-29(40)42-31(4,5)6/h7-14,18,23-25,35-36,43H,15-17,19H2,1-6H3,(H,32,37)(H,33,40). The van der Waals surface area contributed by atoms with Crippen LogP contribution in [0.2, 0.25) is 0 Å². The first-order valence-electron chi connectivity index (χ1n) is 13.9. The molecule has 0 spiro atoms. The van der Waals surface area contributed by atoms with Crippen LogP contribution in [0, 0.1) is 0 Å². The van der Waals surface area contributed by atoms with E-state index in [0.717, 1.165) is 10.5 Å². The fraction of sp³-hybridized carbons (Fsp3) is 0.484. The number of amides is 3. The van der Waals surface area contributed by atoms with Gasteiger partial charge in [0.05, 0.1) is 6.61 Å². The normalized spacial score (nSPS) is 13.7. The lowest BCUT2D eigenvalue weighted by Gasteiger charge is -2.34. The van der Waals surface area contributed by atoms with E-state index in [1.165, 1.54) is 24.3 Å². The van der Waals surface area contributed by atoms with E-state index >= 15 is 0 Å². The van der Waals surface area contributed by atoms with Gasteiger partial charge in [0, 0.05) is 18.7 Å². The fourth-order valence-electron chi connectivity index (χ4n) is 4.14. The molecule has 0 saturated heterocycles. The zero-order valence-electron chi connectivity index (χ0n) is 25.5. The number of hydrogen-bond acceptors (Lipinski definition) is 9. The molecule has 11 nitrogen and oxygen atoms in total. The van der Waals surface area contributed by atoms with Crippen molar-refractivity contribution in [2.45, 2.75) is 77.3 Å². The highest BCUT2D eigenvalue weighted by molar-refractivity contribution is 7.80. The predicted octanol–water partition coefficient (Wildman–Crippen LogP) is 3.15. The number of esters is 1. The van der Waals surface area contributed by atoms with Gasteiger partial charge in [-0.15, -0.1) is 0 Å². The number of aliphatic hydroxyl groups is 1. The van der Waals surface area contributed by atoms with E-state index in [4.69, 9.17) is 9.47 Å². The van der Waals surface area contributed by atoms with Gasteiger partial charge in [-0.25, -0.2) is 9.59 Å². The summed E-state index contributed by atoms with van der Waals surface area (Å²) >= 11 is 4.22. The minimum Gasteiger partial charge on any atom is -0.508 e. The van der Waals surface area contributed by atoms with E-state index in [9.17, 15) is 29.4 Å². The highest BCUT2D eigenvalue weighted by Gasteiger charge is 2.38. The van der Waals surface area contributed by atoms with Crippen molar-refractivity contribution in [1.29, 1.82) is 0 Å². The van der Waals surface area contributed by atoms with Crippen molar-refractivity contribution in [1.82, 2.24) is 15.5 Å². The van der Waals surface area contributed by atoms with Crippen LogP contribution in [-0.2, 0) is 30.3 Å². The third-order valence-electron chi connectivity index (χ3n) is 5.83. The molecule has 3 unspecified atom stereocenters. The molecule has 0 aliphatic heterocycles. The van der Waals surface area contributed by atoms with Gasteiger partial charge in [0.15, 0.2) is 0 Å². The van der Waals surface area contributed by atoms with Gasteiger partial charge in [0.25, 0.3) is 0 Å². The van der Waals surface area contributed by atoms with Crippen molar-refractivity contribution in [3.8, 4) is 5.75 Å². The third kappa shape index (κ3) is 11.8. The molecular formula is C31H43N3O8S. The van der Waals surface area contributed by atoms with Crippen molar-refractivity contribution < 1.29 is 38.9 Å². The Kier molecular flexibility index (Phi) is 12.9. The molecular weight excluding hydrogens is 574 g/mol. The monoisotopic (exact) mass is 617 g/mol. The highest BCUT2D eigenvalue weighted by Crippen LogP contribution is 2.26. The number of rotatable bonds is 12. The lowest BCUT2D eigenvalue weighted by molar-refractivity contribution is -0.159. The minimum atomic E-state index is -1.42. The van der Waals surface area contributed by atoms with Crippen molar-refractivity contribution in [3.05, 3.63) is 65.7 Å². The summed E-state index contributed by atoms with van der Waals surface area (Å²) in [5.74, 6) is -2.51. The quantitative estimate of drug-likeness (QED) is 0.180. The van der Waals surface area contributed by atoms with Gasteiger partial charge in [-0.1, -0.05) is 42.5 Å². The number of phenols is 1. The Hall–Kier alpha value is -3.77. The van der Waals surface area contributed by atoms with Crippen molar-refractivity contribution in [2.24, 2.45) is 0 Å². The number of ether oxygens (including phenoxy) is 2. The molecule has 43 heavy (non-hydrogen) atoms. The highest BCUT2D eigenvalue weighted by atomic mass is 32.1. The Morgan fingerprint density at radius 3 is 2.05 bits per heavy atom. The molecule has 0 saturated carbocycles. The van der Waals surface area contributed by atoms with Crippen LogP contribution in [-0.4, -0.2) is 81.2 Å². The van der Waals surface area contributed by atoms with Gasteiger partial charge in [0.2, 0.25) is 11.8 Å². The number of aliphatic hydroxyl groups excluding tert-OH is 1. The summed E-state index contributed by atoms with van der Waals surface area (Å²) in [5.41, 5.74) is -0.712. The maximum Gasteiger partial charge on any atom is 0.408 e. The molecule has 2 aromatic carbocycles. The lowest BCUT2D eigenvalue weighted by Crippen LogP contribution is -2.56. The SMILES string of the molecule is CC(C)(C)OC(=O)NC(CS)C(=O)N(CCO)C(C(=O)NC(Cc1ccccc1)C(=O)OC(C)(C)C)c1cccc(O)c1. The average Bonchev–Trinajstić information content (AvgIpc) is 2.89. The first-order chi connectivity index (χ1) is 20.0. The molecule has 12 heteroatoms. The molecule has 0 bridgehead atoms. The zero-order chi connectivity index (χ0) is 32.4. The molecule has 2 rings (SSSR count). The average molecular weight is 618 g/mol. The van der Waals surface area contributed by atoms with Crippen LogP contribution < -0.4 is 10.6 Å². The first kappa shape index (κ1) is 35.4. The van der Waals surface area contributed by atoms with Crippen LogP contribution >= 0.6 is 12.6 Å². The number of hydrogen-bond donors (Lipinski definition) is 5. The van der Waals surface area contributed by atoms with Crippen LogP contribution in [0.25, 0.3) is 0 Å². The topological polar surface area (TPSA) is 154 Å². The van der Waals surface area contributed by atoms with Gasteiger partial charge in [0.1, 0.15) is 35.1 Å². The number of carbonyl (C=O) groups is 4. The Bertz CT molecular complexity index is 1240. The summed E-state index contributed by atoms with van der Waals surface area (Å²) in [7, 11) is 0. The maximum atomic E-state index is 14.1. The number of alkyl carbamates (subject to hydrolysis) is 1. The van der Waals surface area contributed by atoms with Crippen LogP contribution in [0.4, 0.5) is 4.79 Å². The molecule has 4 N–H and O–H groups in total. The Morgan fingerprint density at radius 2 is 1.51 bits per heavy atom. The molecule has 3 amide bonds. The number of carbonyl (C=O) groups excluding carboxylic acids is 4. The van der Waals surface area contributed by atoms with Crippen molar-refractivity contribution in [2.75, 3.05) is 18.9 Å². The first-order valence-corrected chi connectivity index (χ1v) is 14.6. The molecule has 0 aliphatic carbocycles. The van der Waals surface area contributed by atoms with Crippen LogP contribution in [0.15, 0.2) is 54.6 Å². The van der Waals surface area contributed by atoms with Crippen LogP contribution in [0.3, 0.4) is 0 Å². The van der Waals surface area contributed by atoms with E-state index in [-0.39, 0.29) is 30.0 Å². The Balaban J connectivity index is 2.52. The van der Waals surface area contributed by atoms with Gasteiger partial charge in [-0.3, -0.25) is 9.59 Å². The zero-order valence-corrected chi connectivity index (χ0v) is 26.4. The van der Waals surface area contributed by atoms with E-state index < -0.39 is 59.8 Å². The van der Waals surface area contributed by atoms with Crippen LogP contribution in [0.1, 0.15) is 58.7 Å². The number of benzene rings is 2. The fourth-order valence-corrected chi connectivity index (χ4v) is 4.39. The van der Waals surface area contributed by atoms with Gasteiger partial charge < -0.3 is 35.2 Å². The summed E-state index contributed by atoms with van der Waals surface area (Å²) in [4.78, 5) is 54.7. The minimum absolute atomic E-state index is 0.0989. The maximum absolute atomic E-state index is 14.1. The van der Waals surface area contributed by atoms with Crippen LogP contribution in [0.5, 0.6) is 5.75 Å². The van der Waals surface area contributed by atoms with Crippen molar-refractivity contribution in [3.63, 3.8) is 0 Å². The summed E-state index contributed by atoms with van der Waals surface area (Å²) in [6, 6.07) is 11.0. The third-order valence-corrected chi connectivity index (χ3v) is 6.20. The summed E-state index contributed by atoms with van der Waals surface area (Å²) in [6.45, 7) is 9.28. The smallest absolute Gasteiger partial charge is 0.408 e. The van der Waals surface area contributed by atoms with E-state index in [1.54, 1.807) is 65.8 Å².